The van der Waals surface area contributed by atoms with Gasteiger partial charge in [-0.25, -0.2) is 0 Å². The number of anilines is 1. The molecular formula is C19H32N2. The van der Waals surface area contributed by atoms with Crippen molar-refractivity contribution < 1.29 is 0 Å². The number of benzene rings is 1. The lowest BCUT2D eigenvalue weighted by molar-refractivity contribution is 0.435. The Kier molecular flexibility index (Phi) is 6.56. The lowest BCUT2D eigenvalue weighted by Crippen LogP contribution is -2.27. The molecule has 1 N–H and O–H groups in total. The van der Waals surface area contributed by atoms with Crippen LogP contribution in [0.5, 0.6) is 0 Å². The average Bonchev–Trinajstić information content (AvgIpc) is 2.73. The van der Waals surface area contributed by atoms with Crippen molar-refractivity contribution in [1.29, 1.82) is 0 Å². The molecule has 1 aromatic rings. The van der Waals surface area contributed by atoms with Gasteiger partial charge in [0.2, 0.25) is 0 Å². The van der Waals surface area contributed by atoms with Crippen LogP contribution in [0.3, 0.4) is 0 Å². The van der Waals surface area contributed by atoms with Crippen LogP contribution < -0.4 is 10.2 Å². The second-order valence-electron chi connectivity index (χ2n) is 6.41. The summed E-state index contributed by atoms with van der Waals surface area (Å²) in [6.07, 6.45) is 6.85. The third-order valence-electron chi connectivity index (χ3n) is 4.80. The Morgan fingerprint density at radius 2 is 2.00 bits per heavy atom. The van der Waals surface area contributed by atoms with E-state index in [9.17, 15) is 0 Å². The molecule has 1 heterocycles. The maximum atomic E-state index is 3.56. The largest absolute Gasteiger partial charge is 0.371 e. The van der Waals surface area contributed by atoms with E-state index in [-0.39, 0.29) is 0 Å². The molecule has 1 aromatic carbocycles. The highest BCUT2D eigenvalue weighted by molar-refractivity contribution is 5.55. The quantitative estimate of drug-likeness (QED) is 0.811. The summed E-state index contributed by atoms with van der Waals surface area (Å²) in [7, 11) is 0. The van der Waals surface area contributed by atoms with Crippen molar-refractivity contribution in [3.8, 4) is 0 Å². The van der Waals surface area contributed by atoms with Crippen molar-refractivity contribution in [2.75, 3.05) is 24.5 Å². The second kappa shape index (κ2) is 8.43. The van der Waals surface area contributed by atoms with Crippen LogP contribution in [0.4, 0.5) is 5.69 Å². The van der Waals surface area contributed by atoms with E-state index in [0.717, 1.165) is 12.5 Å². The second-order valence-corrected chi connectivity index (χ2v) is 6.41. The van der Waals surface area contributed by atoms with Crippen LogP contribution in [0.25, 0.3) is 0 Å². The van der Waals surface area contributed by atoms with Crippen LogP contribution in [0.2, 0.25) is 0 Å². The molecule has 0 aliphatic carbocycles. The summed E-state index contributed by atoms with van der Waals surface area (Å²) >= 11 is 0. The van der Waals surface area contributed by atoms with Crippen LogP contribution in [0.1, 0.15) is 64.5 Å². The first-order valence-electron chi connectivity index (χ1n) is 8.83. The molecule has 1 aliphatic rings. The fraction of sp³-hybridized carbons (Fsp3) is 0.684. The minimum atomic E-state index is 0.431. The fourth-order valence-electron chi connectivity index (χ4n) is 3.66. The predicted octanol–water partition coefficient (Wildman–Crippen LogP) is 4.76. The Balaban J connectivity index is 2.10. The molecule has 2 rings (SSSR count). The van der Waals surface area contributed by atoms with Gasteiger partial charge in [0.15, 0.2) is 0 Å². The van der Waals surface area contributed by atoms with Crippen LogP contribution in [0.15, 0.2) is 24.3 Å². The van der Waals surface area contributed by atoms with E-state index in [1.807, 2.05) is 0 Å². The van der Waals surface area contributed by atoms with E-state index in [1.54, 1.807) is 0 Å². The summed E-state index contributed by atoms with van der Waals surface area (Å²) in [4.78, 5) is 2.62. The van der Waals surface area contributed by atoms with Gasteiger partial charge in [-0.2, -0.15) is 0 Å². The van der Waals surface area contributed by atoms with Crippen LogP contribution in [0, 0.1) is 5.92 Å². The topological polar surface area (TPSA) is 15.3 Å². The normalized spacial score (nSPS) is 21.1. The van der Waals surface area contributed by atoms with E-state index in [4.69, 9.17) is 0 Å². The molecular weight excluding hydrogens is 256 g/mol. The van der Waals surface area contributed by atoms with Crippen molar-refractivity contribution in [3.05, 3.63) is 29.8 Å². The Morgan fingerprint density at radius 3 is 2.76 bits per heavy atom. The standard InChI is InChI=1S/C19H32N2/c1-4-9-17-10-8-14-21(15-13-17)19-12-7-6-11-18(19)16(3)20-5-2/h6-7,11-12,16-17,20H,4-5,8-10,13-15H2,1-3H3. The number of para-hydroxylation sites is 1. The summed E-state index contributed by atoms with van der Waals surface area (Å²) < 4.78 is 0. The molecule has 0 radical (unpaired) electrons. The summed E-state index contributed by atoms with van der Waals surface area (Å²) in [5.74, 6) is 0.943. The number of hydrogen-bond donors (Lipinski definition) is 1. The highest BCUT2D eigenvalue weighted by Gasteiger charge is 2.19. The van der Waals surface area contributed by atoms with Gasteiger partial charge in [-0.1, -0.05) is 44.9 Å². The van der Waals surface area contributed by atoms with E-state index < -0.39 is 0 Å². The number of hydrogen-bond acceptors (Lipinski definition) is 2. The van der Waals surface area contributed by atoms with Crippen LogP contribution >= 0.6 is 0 Å². The van der Waals surface area contributed by atoms with Crippen molar-refractivity contribution in [1.82, 2.24) is 5.32 Å². The monoisotopic (exact) mass is 288 g/mol. The molecule has 0 spiro atoms. The Morgan fingerprint density at radius 1 is 1.19 bits per heavy atom. The van der Waals surface area contributed by atoms with Gasteiger partial charge >= 0.3 is 0 Å². The first kappa shape index (κ1) is 16.4. The Bertz CT molecular complexity index is 416. The number of nitrogens with one attached hydrogen (secondary N) is 1. The SMILES string of the molecule is CCCC1CCCN(c2ccccc2C(C)NCC)CC1. The van der Waals surface area contributed by atoms with Crippen molar-refractivity contribution >= 4 is 5.69 Å². The van der Waals surface area contributed by atoms with Crippen LogP contribution in [-0.2, 0) is 0 Å². The smallest absolute Gasteiger partial charge is 0.0414 e. The maximum absolute atomic E-state index is 3.56. The van der Waals surface area contributed by atoms with Crippen molar-refractivity contribution in [2.24, 2.45) is 5.92 Å². The molecule has 2 nitrogen and oxygen atoms in total. The maximum Gasteiger partial charge on any atom is 0.0414 e. The molecule has 0 saturated carbocycles. The van der Waals surface area contributed by atoms with Crippen LogP contribution in [-0.4, -0.2) is 19.6 Å². The molecule has 0 bridgehead atoms. The number of rotatable bonds is 6. The highest BCUT2D eigenvalue weighted by atomic mass is 15.1. The van der Waals surface area contributed by atoms with E-state index in [2.05, 4.69) is 55.3 Å². The molecule has 2 unspecified atom stereocenters. The molecule has 1 saturated heterocycles. The minimum absolute atomic E-state index is 0.431. The lowest BCUT2D eigenvalue weighted by Gasteiger charge is -2.28. The van der Waals surface area contributed by atoms with Gasteiger partial charge in [-0.05, 0) is 50.3 Å². The molecule has 0 amide bonds. The van der Waals surface area contributed by atoms with Gasteiger partial charge in [0.25, 0.3) is 0 Å². The molecule has 21 heavy (non-hydrogen) atoms. The van der Waals surface area contributed by atoms with Gasteiger partial charge in [-0.3, -0.25) is 0 Å². The van der Waals surface area contributed by atoms with Crippen molar-refractivity contribution in [2.45, 2.75) is 58.9 Å². The van der Waals surface area contributed by atoms with Gasteiger partial charge < -0.3 is 10.2 Å². The van der Waals surface area contributed by atoms with E-state index in [0.29, 0.717) is 6.04 Å². The summed E-state index contributed by atoms with van der Waals surface area (Å²) in [5.41, 5.74) is 2.90. The van der Waals surface area contributed by atoms with Gasteiger partial charge in [0.05, 0.1) is 0 Å². The van der Waals surface area contributed by atoms with Gasteiger partial charge in [0.1, 0.15) is 0 Å². The zero-order valence-electron chi connectivity index (χ0n) is 14.1. The Hall–Kier alpha value is -1.02. The molecule has 0 aromatic heterocycles. The Labute approximate surface area is 130 Å². The van der Waals surface area contributed by atoms with Gasteiger partial charge in [-0.15, -0.1) is 0 Å². The minimum Gasteiger partial charge on any atom is -0.371 e. The molecule has 2 heteroatoms. The molecule has 2 atom stereocenters. The summed E-state index contributed by atoms with van der Waals surface area (Å²) in [5, 5.41) is 3.56. The van der Waals surface area contributed by atoms with Crippen molar-refractivity contribution in [3.63, 3.8) is 0 Å². The fourth-order valence-corrected chi connectivity index (χ4v) is 3.66. The molecule has 1 fully saturated rings. The van der Waals surface area contributed by atoms with E-state index in [1.165, 1.54) is 56.4 Å². The predicted molar refractivity (Wildman–Crippen MR) is 93.0 cm³/mol. The summed E-state index contributed by atoms with van der Waals surface area (Å²) in [6.45, 7) is 10.2. The number of nitrogens with zero attached hydrogens (tertiary/aromatic N) is 1. The zero-order chi connectivity index (χ0) is 15.1. The highest BCUT2D eigenvalue weighted by Crippen LogP contribution is 2.30. The van der Waals surface area contributed by atoms with Gasteiger partial charge in [0, 0.05) is 24.8 Å². The lowest BCUT2D eigenvalue weighted by atomic mass is 9.96. The first-order valence-corrected chi connectivity index (χ1v) is 8.83. The average molecular weight is 288 g/mol. The van der Waals surface area contributed by atoms with E-state index >= 15 is 0 Å². The molecule has 118 valence electrons. The third kappa shape index (κ3) is 4.47. The zero-order valence-corrected chi connectivity index (χ0v) is 14.1. The third-order valence-corrected chi connectivity index (χ3v) is 4.80. The molecule has 1 aliphatic heterocycles. The first-order chi connectivity index (χ1) is 10.3. The summed E-state index contributed by atoms with van der Waals surface area (Å²) in [6, 6.07) is 9.39.